The van der Waals surface area contributed by atoms with Crippen LogP contribution in [0, 0.1) is 0 Å². The van der Waals surface area contributed by atoms with E-state index in [2.05, 4.69) is 0 Å². The molecule has 0 radical (unpaired) electrons. The molecule has 0 aliphatic heterocycles. The third kappa shape index (κ3) is 5.92. The average Bonchev–Trinajstić information content (AvgIpc) is 2.95. The lowest BCUT2D eigenvalue weighted by Crippen LogP contribution is -2.32. The largest absolute Gasteiger partial charge is 0.497 e. The van der Waals surface area contributed by atoms with Gasteiger partial charge in [0.2, 0.25) is 0 Å². The van der Waals surface area contributed by atoms with Gasteiger partial charge in [-0.2, -0.15) is 0 Å². The topological polar surface area (TPSA) is 82.1 Å². The van der Waals surface area contributed by atoms with Gasteiger partial charge in [-0.15, -0.1) is 0 Å². The Morgan fingerprint density at radius 1 is 0.757 bits per heavy atom. The molecule has 0 saturated heterocycles. The monoisotopic (exact) mass is 517 g/mol. The number of benzene rings is 4. The van der Waals surface area contributed by atoms with Gasteiger partial charge in [-0.25, -0.2) is 13.2 Å². The van der Waals surface area contributed by atoms with Crippen LogP contribution in [-0.2, 0) is 27.9 Å². The summed E-state index contributed by atoms with van der Waals surface area (Å²) in [5, 5.41) is 0. The van der Waals surface area contributed by atoms with Crippen molar-refractivity contribution < 1.29 is 27.4 Å². The van der Waals surface area contributed by atoms with Crippen molar-refractivity contribution in [3.8, 4) is 11.5 Å². The zero-order valence-electron chi connectivity index (χ0n) is 20.5. The summed E-state index contributed by atoms with van der Waals surface area (Å²) in [5.41, 5.74) is 1.80. The van der Waals surface area contributed by atoms with Gasteiger partial charge < -0.3 is 14.2 Å². The number of methoxy groups -OCH3 is 2. The molecule has 0 unspecified atom stereocenters. The summed E-state index contributed by atoms with van der Waals surface area (Å²) in [5.74, 6) is 0.0818. The summed E-state index contributed by atoms with van der Waals surface area (Å²) in [7, 11) is -1.40. The fourth-order valence-electron chi connectivity index (χ4n) is 3.81. The van der Waals surface area contributed by atoms with Crippen LogP contribution < -0.4 is 13.8 Å². The van der Waals surface area contributed by atoms with Crippen LogP contribution in [0.25, 0.3) is 0 Å². The van der Waals surface area contributed by atoms with Gasteiger partial charge in [-0.05, 0) is 47.5 Å². The number of ether oxygens (including phenoxy) is 3. The van der Waals surface area contributed by atoms with Gasteiger partial charge in [0.1, 0.15) is 23.8 Å². The van der Waals surface area contributed by atoms with Crippen LogP contribution in [0.5, 0.6) is 11.5 Å². The number of carbonyl (C=O) groups is 1. The molecule has 8 heteroatoms. The highest BCUT2D eigenvalue weighted by Crippen LogP contribution is 2.38. The van der Waals surface area contributed by atoms with Crippen LogP contribution in [0.3, 0.4) is 0 Å². The Bertz CT molecular complexity index is 1440. The zero-order valence-corrected chi connectivity index (χ0v) is 21.4. The van der Waals surface area contributed by atoms with Gasteiger partial charge in [0.25, 0.3) is 10.0 Å². The fourth-order valence-corrected chi connectivity index (χ4v) is 5.30. The fraction of sp³-hybridized carbons (Fsp3) is 0.138. The molecule has 4 rings (SSSR count). The summed E-state index contributed by atoms with van der Waals surface area (Å²) in [6.45, 7) is 0.144. The highest BCUT2D eigenvalue weighted by molar-refractivity contribution is 7.92. The Morgan fingerprint density at radius 3 is 1.97 bits per heavy atom. The number of hydrogen-bond acceptors (Lipinski definition) is 6. The van der Waals surface area contributed by atoms with Gasteiger partial charge in [0, 0.05) is 0 Å². The maximum absolute atomic E-state index is 14.1. The molecule has 4 aromatic rings. The summed E-state index contributed by atoms with van der Waals surface area (Å²) >= 11 is 0. The summed E-state index contributed by atoms with van der Waals surface area (Å²) in [6.07, 6.45) is 0. The summed E-state index contributed by atoms with van der Waals surface area (Å²) < 4.78 is 45.7. The standard InChI is InChI=1S/C29H27NO6S/c1-34-24-16-18-25(19-17-24)37(32,33)30(20-22-10-5-3-6-11-22)28-26(29(31)35-2)14-9-15-27(28)36-21-23-12-7-4-8-13-23/h3-19H,20-21H2,1-2H3. The van der Waals surface area contributed by atoms with Crippen LogP contribution in [-0.4, -0.2) is 28.6 Å². The predicted octanol–water partition coefficient (Wildman–Crippen LogP) is 5.46. The zero-order chi connectivity index (χ0) is 26.3. The van der Waals surface area contributed by atoms with Gasteiger partial charge in [0.15, 0.2) is 0 Å². The van der Waals surface area contributed by atoms with E-state index in [1.54, 1.807) is 24.3 Å². The molecule has 0 fully saturated rings. The van der Waals surface area contributed by atoms with Crippen LogP contribution in [0.15, 0.2) is 108 Å². The summed E-state index contributed by atoms with van der Waals surface area (Å²) in [4.78, 5) is 12.9. The minimum Gasteiger partial charge on any atom is -0.497 e. The molecule has 190 valence electrons. The highest BCUT2D eigenvalue weighted by Gasteiger charge is 2.32. The number of anilines is 1. The van der Waals surface area contributed by atoms with Crippen molar-refractivity contribution in [2.75, 3.05) is 18.5 Å². The first-order valence-electron chi connectivity index (χ1n) is 11.5. The lowest BCUT2D eigenvalue weighted by Gasteiger charge is -2.28. The molecular formula is C29H27NO6S. The molecule has 0 atom stereocenters. The number of nitrogens with zero attached hydrogens (tertiary/aromatic N) is 1. The van der Waals surface area contributed by atoms with Crippen LogP contribution >= 0.6 is 0 Å². The van der Waals surface area contributed by atoms with Gasteiger partial charge >= 0.3 is 5.97 Å². The smallest absolute Gasteiger partial charge is 0.340 e. The molecule has 0 spiro atoms. The molecule has 37 heavy (non-hydrogen) atoms. The van der Waals surface area contributed by atoms with Crippen molar-refractivity contribution in [2.45, 2.75) is 18.0 Å². The summed E-state index contributed by atoms with van der Waals surface area (Å²) in [6, 6.07) is 29.5. The molecule has 7 nitrogen and oxygen atoms in total. The Morgan fingerprint density at radius 2 is 1.38 bits per heavy atom. The lowest BCUT2D eigenvalue weighted by molar-refractivity contribution is 0.0601. The molecule has 0 aromatic heterocycles. The van der Waals surface area contributed by atoms with E-state index in [1.807, 2.05) is 60.7 Å². The lowest BCUT2D eigenvalue weighted by atomic mass is 10.1. The van der Waals surface area contributed by atoms with Crippen molar-refractivity contribution in [1.29, 1.82) is 0 Å². The molecule has 4 aromatic carbocycles. The number of rotatable bonds is 10. The minimum atomic E-state index is -4.16. The first-order valence-corrected chi connectivity index (χ1v) is 13.0. The quantitative estimate of drug-likeness (QED) is 0.260. The normalized spacial score (nSPS) is 11.0. The van der Waals surface area contributed by atoms with E-state index < -0.39 is 16.0 Å². The number of hydrogen-bond donors (Lipinski definition) is 0. The number of para-hydroxylation sites is 1. The first kappa shape index (κ1) is 25.8. The molecule has 0 heterocycles. The predicted molar refractivity (Wildman–Crippen MR) is 141 cm³/mol. The van der Waals surface area contributed by atoms with E-state index in [9.17, 15) is 13.2 Å². The van der Waals surface area contributed by atoms with Crippen molar-refractivity contribution in [2.24, 2.45) is 0 Å². The first-order chi connectivity index (χ1) is 17.9. The average molecular weight is 518 g/mol. The maximum atomic E-state index is 14.1. The number of carbonyl (C=O) groups excluding carboxylic acids is 1. The molecule has 0 aliphatic rings. The van der Waals surface area contributed by atoms with Gasteiger partial charge in [-0.3, -0.25) is 4.31 Å². The molecule has 0 aliphatic carbocycles. The SMILES string of the molecule is COC(=O)c1cccc(OCc2ccccc2)c1N(Cc1ccccc1)S(=O)(=O)c1ccc(OC)cc1. The van der Waals surface area contributed by atoms with Crippen LogP contribution in [0.4, 0.5) is 5.69 Å². The van der Waals surface area contributed by atoms with Gasteiger partial charge in [-0.1, -0.05) is 66.7 Å². The van der Waals surface area contributed by atoms with Crippen molar-refractivity contribution >= 4 is 21.7 Å². The maximum Gasteiger partial charge on any atom is 0.340 e. The Hall–Kier alpha value is -4.30. The van der Waals surface area contributed by atoms with Crippen molar-refractivity contribution in [1.82, 2.24) is 0 Å². The van der Waals surface area contributed by atoms with E-state index in [0.717, 1.165) is 11.1 Å². The van der Waals surface area contributed by atoms with Crippen LogP contribution in [0.1, 0.15) is 21.5 Å². The Balaban J connectivity index is 1.87. The third-order valence-corrected chi connectivity index (χ3v) is 7.47. The Labute approximate surface area is 216 Å². The van der Waals surface area contributed by atoms with Crippen molar-refractivity contribution in [3.63, 3.8) is 0 Å². The van der Waals surface area contributed by atoms with E-state index in [-0.39, 0.29) is 35.0 Å². The molecule has 0 amide bonds. The molecular weight excluding hydrogens is 490 g/mol. The van der Waals surface area contributed by atoms with Gasteiger partial charge in [0.05, 0.1) is 31.2 Å². The second-order valence-corrected chi connectivity index (χ2v) is 9.95. The van der Waals surface area contributed by atoms with E-state index in [1.165, 1.54) is 36.7 Å². The second kappa shape index (κ2) is 11.6. The van der Waals surface area contributed by atoms with E-state index >= 15 is 0 Å². The van der Waals surface area contributed by atoms with Crippen LogP contribution in [0.2, 0.25) is 0 Å². The second-order valence-electron chi connectivity index (χ2n) is 8.09. The number of esters is 1. The molecule has 0 saturated carbocycles. The Kier molecular flexibility index (Phi) is 8.10. The van der Waals surface area contributed by atoms with Crippen molar-refractivity contribution in [3.05, 3.63) is 120 Å². The minimum absolute atomic E-state index is 0.0368. The third-order valence-electron chi connectivity index (χ3n) is 5.71. The molecule has 0 bridgehead atoms. The molecule has 0 N–H and O–H groups in total. The van der Waals surface area contributed by atoms with E-state index in [0.29, 0.717) is 5.75 Å². The number of sulfonamides is 1. The van der Waals surface area contributed by atoms with E-state index in [4.69, 9.17) is 14.2 Å². The highest BCUT2D eigenvalue weighted by atomic mass is 32.2.